The summed E-state index contributed by atoms with van der Waals surface area (Å²) in [5, 5.41) is 4.79. The molecule has 0 N–H and O–H groups in total. The first-order chi connectivity index (χ1) is 13.3. The van der Waals surface area contributed by atoms with Crippen molar-refractivity contribution in [2.75, 3.05) is 6.54 Å². The van der Waals surface area contributed by atoms with Crippen molar-refractivity contribution < 1.29 is 0 Å². The van der Waals surface area contributed by atoms with Gasteiger partial charge >= 0.3 is 0 Å². The van der Waals surface area contributed by atoms with Crippen molar-refractivity contribution in [2.45, 2.75) is 52.2 Å². The predicted molar refractivity (Wildman–Crippen MR) is 105 cm³/mol. The number of hydrogen-bond donors (Lipinski definition) is 0. The van der Waals surface area contributed by atoms with E-state index in [9.17, 15) is 0 Å². The number of pyridine rings is 2. The fourth-order valence-electron chi connectivity index (χ4n) is 4.27. The van der Waals surface area contributed by atoms with Crippen molar-refractivity contribution in [3.05, 3.63) is 64.7 Å². The molecule has 0 bridgehead atoms. The van der Waals surface area contributed by atoms with Crippen molar-refractivity contribution in [1.82, 2.24) is 24.6 Å². The van der Waals surface area contributed by atoms with Gasteiger partial charge in [-0.05, 0) is 61.9 Å². The van der Waals surface area contributed by atoms with Crippen LogP contribution in [0, 0.1) is 6.92 Å². The Morgan fingerprint density at radius 3 is 2.93 bits per heavy atom. The lowest BCUT2D eigenvalue weighted by atomic mass is 9.96. The molecule has 0 fully saturated rings. The zero-order valence-corrected chi connectivity index (χ0v) is 15.9. The third kappa shape index (κ3) is 3.28. The van der Waals surface area contributed by atoms with Gasteiger partial charge in [0, 0.05) is 31.5 Å². The van der Waals surface area contributed by atoms with Crippen LogP contribution in [0.1, 0.15) is 41.1 Å². The lowest BCUT2D eigenvalue weighted by Gasteiger charge is -2.27. The molecular weight excluding hydrogens is 334 g/mol. The minimum atomic E-state index is 0.913. The zero-order valence-electron chi connectivity index (χ0n) is 15.9. The Morgan fingerprint density at radius 2 is 2.00 bits per heavy atom. The molecule has 0 atom stereocenters. The van der Waals surface area contributed by atoms with Crippen LogP contribution in [-0.4, -0.2) is 31.2 Å². The van der Waals surface area contributed by atoms with Gasteiger partial charge in [0.05, 0.1) is 23.6 Å². The molecule has 138 valence electrons. The van der Waals surface area contributed by atoms with E-state index in [0.29, 0.717) is 0 Å². The standard InChI is InChI=1S/C22H25N5/c1-16-5-4-10-23-22(16)21-13-19-15-26(11-12-27(19)25-21)14-18-9-8-17-6-2-3-7-20(17)24-18/h4-5,8-10,13H,2-3,6-7,11-12,14-15H2,1H3. The average Bonchev–Trinajstić information content (AvgIpc) is 3.11. The Labute approximate surface area is 160 Å². The quantitative estimate of drug-likeness (QED) is 0.718. The minimum Gasteiger partial charge on any atom is -0.290 e. The summed E-state index contributed by atoms with van der Waals surface area (Å²) in [6.45, 7) is 5.85. The third-order valence-corrected chi connectivity index (χ3v) is 5.75. The van der Waals surface area contributed by atoms with Crippen LogP contribution >= 0.6 is 0 Å². The first-order valence-corrected chi connectivity index (χ1v) is 9.95. The van der Waals surface area contributed by atoms with Gasteiger partial charge in [-0.25, -0.2) is 0 Å². The molecular formula is C22H25N5. The smallest absolute Gasteiger partial charge is 0.111 e. The van der Waals surface area contributed by atoms with Gasteiger partial charge in [0.2, 0.25) is 0 Å². The summed E-state index contributed by atoms with van der Waals surface area (Å²) in [4.78, 5) is 11.9. The first-order valence-electron chi connectivity index (χ1n) is 9.95. The SMILES string of the molecule is Cc1cccnc1-c1cc2n(n1)CCN(Cc1ccc3c(n1)CCCC3)C2. The van der Waals surface area contributed by atoms with E-state index < -0.39 is 0 Å². The third-order valence-electron chi connectivity index (χ3n) is 5.75. The van der Waals surface area contributed by atoms with E-state index in [0.717, 1.165) is 44.0 Å². The summed E-state index contributed by atoms with van der Waals surface area (Å²) in [7, 11) is 0. The summed E-state index contributed by atoms with van der Waals surface area (Å²) in [5.74, 6) is 0. The number of fused-ring (bicyclic) bond motifs is 2. The minimum absolute atomic E-state index is 0.913. The summed E-state index contributed by atoms with van der Waals surface area (Å²) in [5.41, 5.74) is 8.39. The Bertz CT molecular complexity index is 975. The highest BCUT2D eigenvalue weighted by atomic mass is 15.3. The van der Waals surface area contributed by atoms with Crippen LogP contribution in [0.25, 0.3) is 11.4 Å². The van der Waals surface area contributed by atoms with Crippen molar-refractivity contribution in [1.29, 1.82) is 0 Å². The van der Waals surface area contributed by atoms with E-state index >= 15 is 0 Å². The highest BCUT2D eigenvalue weighted by Gasteiger charge is 2.21. The van der Waals surface area contributed by atoms with Crippen LogP contribution in [0.15, 0.2) is 36.5 Å². The summed E-state index contributed by atoms with van der Waals surface area (Å²) in [6, 6.07) is 10.8. The molecule has 27 heavy (non-hydrogen) atoms. The van der Waals surface area contributed by atoms with Gasteiger partial charge in [-0.3, -0.25) is 19.5 Å². The van der Waals surface area contributed by atoms with Crippen LogP contribution in [0.3, 0.4) is 0 Å². The second-order valence-electron chi connectivity index (χ2n) is 7.74. The second kappa shape index (κ2) is 6.89. The largest absolute Gasteiger partial charge is 0.290 e. The summed E-state index contributed by atoms with van der Waals surface area (Å²) < 4.78 is 2.14. The van der Waals surface area contributed by atoms with Crippen LogP contribution in [0.2, 0.25) is 0 Å². The Morgan fingerprint density at radius 1 is 1.07 bits per heavy atom. The van der Waals surface area contributed by atoms with Crippen molar-refractivity contribution in [3.8, 4) is 11.4 Å². The molecule has 5 heteroatoms. The average molecular weight is 359 g/mol. The van der Waals surface area contributed by atoms with E-state index in [4.69, 9.17) is 10.1 Å². The maximum Gasteiger partial charge on any atom is 0.111 e. The molecule has 2 aliphatic rings. The highest BCUT2D eigenvalue weighted by Crippen LogP contribution is 2.24. The van der Waals surface area contributed by atoms with Gasteiger partial charge in [0.1, 0.15) is 5.69 Å². The van der Waals surface area contributed by atoms with Gasteiger partial charge in [-0.1, -0.05) is 12.1 Å². The molecule has 0 aromatic carbocycles. The lowest BCUT2D eigenvalue weighted by molar-refractivity contribution is 0.203. The molecule has 0 saturated heterocycles. The number of nitrogens with zero attached hydrogens (tertiary/aromatic N) is 5. The first kappa shape index (κ1) is 16.6. The van der Waals surface area contributed by atoms with E-state index in [2.05, 4.69) is 45.8 Å². The maximum atomic E-state index is 4.95. The Balaban J connectivity index is 1.33. The monoisotopic (exact) mass is 359 g/mol. The van der Waals surface area contributed by atoms with Crippen LogP contribution < -0.4 is 0 Å². The second-order valence-corrected chi connectivity index (χ2v) is 7.74. The van der Waals surface area contributed by atoms with Crippen molar-refractivity contribution in [2.24, 2.45) is 0 Å². The van der Waals surface area contributed by atoms with Gasteiger partial charge in [-0.2, -0.15) is 5.10 Å². The van der Waals surface area contributed by atoms with Crippen LogP contribution in [0.4, 0.5) is 0 Å². The highest BCUT2D eigenvalue weighted by molar-refractivity contribution is 5.58. The maximum absolute atomic E-state index is 4.95. The number of aryl methyl sites for hydroxylation is 3. The zero-order chi connectivity index (χ0) is 18.2. The molecule has 3 aromatic heterocycles. The van der Waals surface area contributed by atoms with Crippen LogP contribution in [-0.2, 0) is 32.5 Å². The van der Waals surface area contributed by atoms with Gasteiger partial charge in [0.15, 0.2) is 0 Å². The summed E-state index contributed by atoms with van der Waals surface area (Å²) in [6.07, 6.45) is 6.77. The van der Waals surface area contributed by atoms with Crippen molar-refractivity contribution in [3.63, 3.8) is 0 Å². The molecule has 0 spiro atoms. The molecule has 0 amide bonds. The normalized spacial score (nSPS) is 16.8. The number of hydrogen-bond acceptors (Lipinski definition) is 4. The molecule has 3 aromatic rings. The fraction of sp³-hybridized carbons (Fsp3) is 0.409. The number of rotatable bonds is 3. The molecule has 0 unspecified atom stereocenters. The molecule has 5 rings (SSSR count). The Hall–Kier alpha value is -2.53. The molecule has 4 heterocycles. The van der Waals surface area contributed by atoms with Gasteiger partial charge < -0.3 is 0 Å². The van der Waals surface area contributed by atoms with E-state index in [1.165, 1.54) is 47.5 Å². The molecule has 1 aliphatic carbocycles. The predicted octanol–water partition coefficient (Wildman–Crippen LogP) is 3.54. The van der Waals surface area contributed by atoms with E-state index in [1.54, 1.807) is 0 Å². The fourth-order valence-corrected chi connectivity index (χ4v) is 4.27. The molecule has 0 radical (unpaired) electrons. The van der Waals surface area contributed by atoms with E-state index in [1.807, 2.05) is 12.3 Å². The molecule has 0 saturated carbocycles. The number of aromatic nitrogens is 4. The van der Waals surface area contributed by atoms with Crippen LogP contribution in [0.5, 0.6) is 0 Å². The molecule has 5 nitrogen and oxygen atoms in total. The lowest BCUT2D eigenvalue weighted by Crippen LogP contribution is -2.33. The topological polar surface area (TPSA) is 46.8 Å². The van der Waals surface area contributed by atoms with E-state index in [-0.39, 0.29) is 0 Å². The summed E-state index contributed by atoms with van der Waals surface area (Å²) >= 11 is 0. The Kier molecular flexibility index (Phi) is 4.24. The van der Waals surface area contributed by atoms with Gasteiger partial charge in [-0.15, -0.1) is 0 Å². The molecule has 1 aliphatic heterocycles. The van der Waals surface area contributed by atoms with Crippen molar-refractivity contribution >= 4 is 0 Å². The van der Waals surface area contributed by atoms with Gasteiger partial charge in [0.25, 0.3) is 0 Å².